The molecule has 0 spiro atoms. The number of allylic oxidation sites excluding steroid dienone is 2. The van der Waals surface area contributed by atoms with Gasteiger partial charge >= 0.3 is 0 Å². The molecule has 6 aromatic heterocycles. The molecule has 252 valence electrons. The van der Waals surface area contributed by atoms with E-state index in [-0.39, 0.29) is 5.92 Å². The smallest absolute Gasteiger partial charge is 0.0659 e. The van der Waals surface area contributed by atoms with Crippen molar-refractivity contribution in [2.45, 2.75) is 18.8 Å². The SMILES string of the molecule is C1=Cc2cc3ccc(cc4cc(C5=CCCC5c5cc6cc7nc(cc8ccc(cc9nc(cc5[nH]6)C=C9)[nH]8)C=C7)c(cc5nc(cc1n2)C=C5)[nH]4)[nH]3. The first kappa shape index (κ1) is 29.6. The number of aromatic nitrogens is 8. The van der Waals surface area contributed by atoms with E-state index in [2.05, 4.69) is 141 Å². The van der Waals surface area contributed by atoms with Crippen LogP contribution in [0, 0.1) is 0 Å². The van der Waals surface area contributed by atoms with Crippen LogP contribution in [0.15, 0.2) is 91.0 Å². The van der Waals surface area contributed by atoms with Gasteiger partial charge in [0.05, 0.1) is 45.6 Å². The second-order valence-corrected chi connectivity index (χ2v) is 14.0. The van der Waals surface area contributed by atoms with E-state index >= 15 is 0 Å². The van der Waals surface area contributed by atoms with Crippen molar-refractivity contribution in [3.8, 4) is 0 Å². The topological polar surface area (TPSA) is 115 Å². The Labute approximate surface area is 303 Å². The summed E-state index contributed by atoms with van der Waals surface area (Å²) in [5.74, 6) is 0.168. The molecular weight excluding hydrogens is 653 g/mol. The summed E-state index contributed by atoms with van der Waals surface area (Å²) in [6, 6.07) is 29.8. The fraction of sp³-hybridized carbons (Fsp3) is 0.0667. The molecule has 0 saturated heterocycles. The molecular formula is C45H32N8. The number of H-pyrrole nitrogens is 4. The first-order valence-corrected chi connectivity index (χ1v) is 18.0. The fourth-order valence-electron chi connectivity index (χ4n) is 7.91. The molecule has 53 heavy (non-hydrogen) atoms. The van der Waals surface area contributed by atoms with Gasteiger partial charge in [0.15, 0.2) is 0 Å². The van der Waals surface area contributed by atoms with Gasteiger partial charge in [-0.05, 0) is 158 Å². The summed E-state index contributed by atoms with van der Waals surface area (Å²) in [5.41, 5.74) is 19.1. The van der Waals surface area contributed by atoms with Crippen LogP contribution in [0.5, 0.6) is 0 Å². The van der Waals surface area contributed by atoms with E-state index in [1.54, 1.807) is 0 Å². The average Bonchev–Trinajstić information content (AvgIpc) is 3.97. The van der Waals surface area contributed by atoms with Crippen LogP contribution in [-0.2, 0) is 0 Å². The first-order chi connectivity index (χ1) is 26.1. The molecule has 0 saturated carbocycles. The van der Waals surface area contributed by atoms with Crippen LogP contribution in [0.4, 0.5) is 0 Å². The molecule has 1 atom stereocenters. The standard InChI is InChI=1S/C45H32N8/c1-2-40(42-22-38-20-34-10-8-30(48-34)16-26-4-6-28(46-26)18-32-12-14-36(50-32)24-44(42)52-38)41(3-1)43-23-39-21-35-11-9-31(49-35)17-27-5-7-29(47-27)19-33-13-15-37(51-33)25-45(43)53-39/h2,4-25,41,47-48,52-53H,1,3H2. The first-order valence-electron chi connectivity index (χ1n) is 18.0. The summed E-state index contributed by atoms with van der Waals surface area (Å²) in [4.78, 5) is 34.1. The molecule has 10 heterocycles. The van der Waals surface area contributed by atoms with Crippen molar-refractivity contribution in [2.24, 2.45) is 0 Å². The Morgan fingerprint density at radius 1 is 0.396 bits per heavy atom. The minimum Gasteiger partial charge on any atom is -0.355 e. The maximum absolute atomic E-state index is 4.97. The lowest BCUT2D eigenvalue weighted by Gasteiger charge is -2.14. The van der Waals surface area contributed by atoms with Crippen molar-refractivity contribution in [3.05, 3.63) is 148 Å². The van der Waals surface area contributed by atoms with Gasteiger partial charge < -0.3 is 19.9 Å². The van der Waals surface area contributed by atoms with Crippen LogP contribution in [0.3, 0.4) is 0 Å². The van der Waals surface area contributed by atoms with Gasteiger partial charge in [-0.2, -0.15) is 0 Å². The van der Waals surface area contributed by atoms with Gasteiger partial charge in [-0.1, -0.05) is 6.08 Å². The number of nitrogens with one attached hydrogen (secondary N) is 4. The van der Waals surface area contributed by atoms with Crippen LogP contribution < -0.4 is 0 Å². The van der Waals surface area contributed by atoms with Gasteiger partial charge in [0.25, 0.3) is 0 Å². The summed E-state index contributed by atoms with van der Waals surface area (Å²) in [5, 5.41) is 0. The van der Waals surface area contributed by atoms with Crippen molar-refractivity contribution in [1.29, 1.82) is 0 Å². The van der Waals surface area contributed by atoms with Gasteiger partial charge in [-0.15, -0.1) is 0 Å². The second-order valence-electron chi connectivity index (χ2n) is 14.0. The number of fused-ring (bicyclic) bond motifs is 16. The molecule has 16 bridgehead atoms. The minimum absolute atomic E-state index is 0.168. The fourth-order valence-corrected chi connectivity index (χ4v) is 7.91. The van der Waals surface area contributed by atoms with Crippen molar-refractivity contribution in [2.75, 3.05) is 0 Å². The molecule has 0 fully saturated rings. The van der Waals surface area contributed by atoms with Crippen molar-refractivity contribution in [3.63, 3.8) is 0 Å². The third-order valence-corrected chi connectivity index (χ3v) is 10.3. The Morgan fingerprint density at radius 3 is 1.40 bits per heavy atom. The predicted octanol–water partition coefficient (Wildman–Crippen LogP) is 10.6. The monoisotopic (exact) mass is 684 g/mol. The van der Waals surface area contributed by atoms with Gasteiger partial charge in [-0.25, -0.2) is 19.9 Å². The molecule has 8 heteroatoms. The Balaban J connectivity index is 1.10. The normalized spacial score (nSPS) is 15.8. The van der Waals surface area contributed by atoms with E-state index in [9.17, 15) is 0 Å². The highest BCUT2D eigenvalue weighted by Crippen LogP contribution is 2.45. The Bertz CT molecular complexity index is 3030. The van der Waals surface area contributed by atoms with Crippen molar-refractivity contribution < 1.29 is 0 Å². The molecule has 1 unspecified atom stereocenters. The Morgan fingerprint density at radius 2 is 0.830 bits per heavy atom. The summed E-state index contributed by atoms with van der Waals surface area (Å²) in [6.07, 6.45) is 20.9. The quantitative estimate of drug-likeness (QED) is 0.145. The lowest BCUT2D eigenvalue weighted by molar-refractivity contribution is 0.819. The molecule has 1 aliphatic carbocycles. The molecule has 11 rings (SSSR count). The number of hydrogen-bond donors (Lipinski definition) is 4. The van der Waals surface area contributed by atoms with E-state index < -0.39 is 0 Å². The van der Waals surface area contributed by atoms with Crippen LogP contribution in [0.25, 0.3) is 98.3 Å². The van der Waals surface area contributed by atoms with E-state index in [0.29, 0.717) is 0 Å². The maximum Gasteiger partial charge on any atom is 0.0659 e. The van der Waals surface area contributed by atoms with E-state index in [0.717, 1.165) is 103 Å². The second kappa shape index (κ2) is 11.7. The summed E-state index contributed by atoms with van der Waals surface area (Å²) >= 11 is 0. The zero-order valence-corrected chi connectivity index (χ0v) is 28.6. The highest BCUT2D eigenvalue weighted by molar-refractivity contribution is 5.90. The average molecular weight is 685 g/mol. The zero-order valence-electron chi connectivity index (χ0n) is 28.6. The molecule has 4 N–H and O–H groups in total. The third kappa shape index (κ3) is 5.67. The number of aromatic amines is 4. The Hall–Kier alpha value is -7.06. The number of hydrogen-bond acceptors (Lipinski definition) is 4. The highest BCUT2D eigenvalue weighted by atomic mass is 14.8. The lowest BCUT2D eigenvalue weighted by atomic mass is 9.89. The lowest BCUT2D eigenvalue weighted by Crippen LogP contribution is -1.96. The molecule has 5 aliphatic rings. The molecule has 4 aliphatic heterocycles. The van der Waals surface area contributed by atoms with Gasteiger partial charge in [0.2, 0.25) is 0 Å². The molecule has 6 aromatic rings. The van der Waals surface area contributed by atoms with Crippen LogP contribution in [0.1, 0.15) is 75.4 Å². The Kier molecular flexibility index (Phi) is 6.57. The zero-order chi connectivity index (χ0) is 34.9. The van der Waals surface area contributed by atoms with Crippen molar-refractivity contribution >= 4 is 98.3 Å². The van der Waals surface area contributed by atoms with E-state index in [1.165, 1.54) is 16.7 Å². The minimum atomic E-state index is 0.168. The molecule has 0 aromatic carbocycles. The van der Waals surface area contributed by atoms with E-state index in [4.69, 9.17) is 19.9 Å². The summed E-state index contributed by atoms with van der Waals surface area (Å²) < 4.78 is 0. The number of nitrogens with zero attached hydrogens (tertiary/aromatic N) is 4. The largest absolute Gasteiger partial charge is 0.355 e. The van der Waals surface area contributed by atoms with Crippen LogP contribution in [0.2, 0.25) is 0 Å². The molecule has 0 radical (unpaired) electrons. The predicted molar refractivity (Wildman–Crippen MR) is 218 cm³/mol. The summed E-state index contributed by atoms with van der Waals surface area (Å²) in [7, 11) is 0. The van der Waals surface area contributed by atoms with E-state index in [1.807, 2.05) is 18.2 Å². The maximum atomic E-state index is 4.97. The highest BCUT2D eigenvalue weighted by Gasteiger charge is 2.26. The third-order valence-electron chi connectivity index (χ3n) is 10.3. The van der Waals surface area contributed by atoms with Crippen LogP contribution in [-0.4, -0.2) is 39.9 Å². The molecule has 0 amide bonds. The molecule has 8 nitrogen and oxygen atoms in total. The van der Waals surface area contributed by atoms with Crippen molar-refractivity contribution in [1.82, 2.24) is 39.9 Å². The van der Waals surface area contributed by atoms with Gasteiger partial charge in [0, 0.05) is 55.6 Å². The van der Waals surface area contributed by atoms with Crippen LogP contribution >= 0.6 is 0 Å². The number of rotatable bonds is 2. The van der Waals surface area contributed by atoms with Gasteiger partial charge in [0.1, 0.15) is 0 Å². The summed E-state index contributed by atoms with van der Waals surface area (Å²) in [6.45, 7) is 0. The van der Waals surface area contributed by atoms with Gasteiger partial charge in [-0.3, -0.25) is 0 Å².